The highest BCUT2D eigenvalue weighted by atomic mass is 16.5. The number of ether oxygens (including phenoxy) is 1. The van der Waals surface area contributed by atoms with Crippen LogP contribution in [0.15, 0.2) is 36.5 Å². The van der Waals surface area contributed by atoms with Crippen LogP contribution in [0, 0.1) is 11.3 Å². The lowest BCUT2D eigenvalue weighted by atomic mass is 10.2. The van der Waals surface area contributed by atoms with Gasteiger partial charge in [0, 0.05) is 32.0 Å². The number of aromatic nitrogens is 1. The van der Waals surface area contributed by atoms with Gasteiger partial charge in [0.25, 0.3) is 0 Å². The van der Waals surface area contributed by atoms with Crippen molar-refractivity contribution in [2.75, 3.05) is 24.7 Å². The molecule has 1 heterocycles. The van der Waals surface area contributed by atoms with Crippen molar-refractivity contribution in [3.63, 3.8) is 0 Å². The first-order valence-electron chi connectivity index (χ1n) is 5.71. The molecule has 1 aromatic heterocycles. The fraction of sp³-hybridized carbons (Fsp3) is 0.143. The maximum absolute atomic E-state index is 8.75. The van der Waals surface area contributed by atoms with Gasteiger partial charge in [0.1, 0.15) is 11.8 Å². The van der Waals surface area contributed by atoms with E-state index in [2.05, 4.69) is 4.98 Å². The Balaban J connectivity index is 2.26. The second-order valence-corrected chi connectivity index (χ2v) is 4.22. The Hall–Kier alpha value is -2.74. The predicted molar refractivity (Wildman–Crippen MR) is 74.2 cm³/mol. The van der Waals surface area contributed by atoms with Crippen LogP contribution in [-0.2, 0) is 0 Å². The smallest absolute Gasteiger partial charge is 0.242 e. The summed E-state index contributed by atoms with van der Waals surface area (Å²) in [6, 6.07) is 11.1. The van der Waals surface area contributed by atoms with E-state index in [4.69, 9.17) is 15.7 Å². The molecule has 0 radical (unpaired) electrons. The summed E-state index contributed by atoms with van der Waals surface area (Å²) in [5.74, 6) is 0.949. The van der Waals surface area contributed by atoms with E-state index in [0.29, 0.717) is 22.9 Å². The van der Waals surface area contributed by atoms with Crippen molar-refractivity contribution in [3.05, 3.63) is 42.1 Å². The molecule has 0 fully saturated rings. The zero-order chi connectivity index (χ0) is 13.8. The minimum atomic E-state index is 0.301. The van der Waals surface area contributed by atoms with E-state index in [9.17, 15) is 0 Å². The molecular weight excluding hydrogens is 240 g/mol. The zero-order valence-corrected chi connectivity index (χ0v) is 10.8. The lowest BCUT2D eigenvalue weighted by Crippen LogP contribution is -2.08. The average molecular weight is 254 g/mol. The van der Waals surface area contributed by atoms with Crippen LogP contribution in [0.4, 0.5) is 11.4 Å². The monoisotopic (exact) mass is 254 g/mol. The van der Waals surface area contributed by atoms with Crippen molar-refractivity contribution >= 4 is 11.4 Å². The fourth-order valence-corrected chi connectivity index (χ4v) is 1.55. The van der Waals surface area contributed by atoms with Gasteiger partial charge in [-0.15, -0.1) is 0 Å². The van der Waals surface area contributed by atoms with Gasteiger partial charge in [-0.05, 0) is 18.2 Å². The summed E-state index contributed by atoms with van der Waals surface area (Å²) in [6.45, 7) is 0. The molecule has 0 bridgehead atoms. The molecule has 2 rings (SSSR count). The quantitative estimate of drug-likeness (QED) is 0.910. The molecule has 0 aliphatic carbocycles. The molecule has 0 spiro atoms. The Labute approximate surface area is 111 Å². The standard InChI is InChI=1S/C14H14N4O/c1-18(2)11-4-3-5-12(7-11)19-14-13(16)6-10(8-15)9-17-14/h3-7,9H,16H2,1-2H3. The molecule has 0 amide bonds. The van der Waals surface area contributed by atoms with Gasteiger partial charge in [0.05, 0.1) is 11.3 Å². The normalized spacial score (nSPS) is 9.74. The van der Waals surface area contributed by atoms with Crippen molar-refractivity contribution in [2.45, 2.75) is 0 Å². The Morgan fingerprint density at radius 2 is 2.11 bits per heavy atom. The lowest BCUT2D eigenvalue weighted by molar-refractivity contribution is 0.465. The van der Waals surface area contributed by atoms with Crippen LogP contribution in [0.3, 0.4) is 0 Å². The molecular formula is C14H14N4O. The summed E-state index contributed by atoms with van der Waals surface area (Å²) < 4.78 is 5.63. The van der Waals surface area contributed by atoms with Gasteiger partial charge in [-0.3, -0.25) is 0 Å². The second kappa shape index (κ2) is 5.27. The van der Waals surface area contributed by atoms with Crippen LogP contribution in [0.2, 0.25) is 0 Å². The van der Waals surface area contributed by atoms with E-state index >= 15 is 0 Å². The number of nitriles is 1. The molecule has 96 valence electrons. The van der Waals surface area contributed by atoms with Crippen LogP contribution in [0.5, 0.6) is 11.6 Å². The molecule has 0 saturated heterocycles. The highest BCUT2D eigenvalue weighted by molar-refractivity contribution is 5.55. The number of hydrogen-bond donors (Lipinski definition) is 1. The molecule has 5 nitrogen and oxygen atoms in total. The predicted octanol–water partition coefficient (Wildman–Crippen LogP) is 2.39. The first-order valence-corrected chi connectivity index (χ1v) is 5.71. The minimum Gasteiger partial charge on any atom is -0.437 e. The average Bonchev–Trinajstić information content (AvgIpc) is 2.41. The molecule has 1 aromatic carbocycles. The van der Waals surface area contributed by atoms with Gasteiger partial charge in [-0.2, -0.15) is 5.26 Å². The van der Waals surface area contributed by atoms with Gasteiger partial charge in [0.2, 0.25) is 5.88 Å². The van der Waals surface area contributed by atoms with E-state index in [1.54, 1.807) is 0 Å². The van der Waals surface area contributed by atoms with Crippen molar-refractivity contribution < 1.29 is 4.74 Å². The number of nitrogen functional groups attached to an aromatic ring is 1. The second-order valence-electron chi connectivity index (χ2n) is 4.22. The van der Waals surface area contributed by atoms with Crippen LogP contribution in [-0.4, -0.2) is 19.1 Å². The van der Waals surface area contributed by atoms with Gasteiger partial charge in [-0.1, -0.05) is 6.07 Å². The number of anilines is 2. The largest absolute Gasteiger partial charge is 0.437 e. The Bertz CT molecular complexity index is 632. The topological polar surface area (TPSA) is 75.2 Å². The molecule has 5 heteroatoms. The van der Waals surface area contributed by atoms with E-state index < -0.39 is 0 Å². The van der Waals surface area contributed by atoms with E-state index in [1.807, 2.05) is 49.3 Å². The number of benzene rings is 1. The maximum Gasteiger partial charge on any atom is 0.242 e. The molecule has 0 saturated carbocycles. The molecule has 2 aromatic rings. The molecule has 2 N–H and O–H groups in total. The van der Waals surface area contributed by atoms with Crippen molar-refractivity contribution in [1.82, 2.24) is 4.98 Å². The SMILES string of the molecule is CN(C)c1cccc(Oc2ncc(C#N)cc2N)c1. The molecule has 0 unspecified atom stereocenters. The number of nitrogens with zero attached hydrogens (tertiary/aromatic N) is 3. The summed E-state index contributed by atoms with van der Waals surface area (Å²) in [5, 5.41) is 8.75. The third-order valence-corrected chi connectivity index (χ3v) is 2.56. The van der Waals surface area contributed by atoms with Crippen LogP contribution >= 0.6 is 0 Å². The number of hydrogen-bond acceptors (Lipinski definition) is 5. The number of pyridine rings is 1. The van der Waals surface area contributed by atoms with Gasteiger partial charge in [0.15, 0.2) is 0 Å². The van der Waals surface area contributed by atoms with Crippen LogP contribution < -0.4 is 15.4 Å². The first-order chi connectivity index (χ1) is 9.10. The first kappa shape index (κ1) is 12.7. The number of nitrogens with two attached hydrogens (primary N) is 1. The highest BCUT2D eigenvalue weighted by Crippen LogP contribution is 2.27. The lowest BCUT2D eigenvalue weighted by Gasteiger charge is -2.14. The van der Waals surface area contributed by atoms with E-state index in [-0.39, 0.29) is 0 Å². The van der Waals surface area contributed by atoms with E-state index in [1.165, 1.54) is 12.3 Å². The Morgan fingerprint density at radius 1 is 1.32 bits per heavy atom. The van der Waals surface area contributed by atoms with Crippen molar-refractivity contribution in [3.8, 4) is 17.7 Å². The van der Waals surface area contributed by atoms with Crippen LogP contribution in [0.1, 0.15) is 5.56 Å². The van der Waals surface area contributed by atoms with Gasteiger partial charge >= 0.3 is 0 Å². The third kappa shape index (κ3) is 2.93. The fourth-order valence-electron chi connectivity index (χ4n) is 1.55. The number of rotatable bonds is 3. The van der Waals surface area contributed by atoms with E-state index in [0.717, 1.165) is 5.69 Å². The van der Waals surface area contributed by atoms with Gasteiger partial charge in [-0.25, -0.2) is 4.98 Å². The summed E-state index contributed by atoms with van der Waals surface area (Å²) >= 11 is 0. The maximum atomic E-state index is 8.75. The summed E-state index contributed by atoms with van der Waals surface area (Å²) in [6.07, 6.45) is 1.43. The zero-order valence-electron chi connectivity index (χ0n) is 10.8. The summed E-state index contributed by atoms with van der Waals surface area (Å²) in [5.41, 5.74) is 7.56. The molecule has 0 aliphatic heterocycles. The molecule has 0 aliphatic rings. The Kier molecular flexibility index (Phi) is 3.53. The molecule has 0 atom stereocenters. The summed E-state index contributed by atoms with van der Waals surface area (Å²) in [7, 11) is 3.90. The third-order valence-electron chi connectivity index (χ3n) is 2.56. The highest BCUT2D eigenvalue weighted by Gasteiger charge is 2.06. The van der Waals surface area contributed by atoms with Crippen molar-refractivity contribution in [1.29, 1.82) is 5.26 Å². The minimum absolute atomic E-state index is 0.301. The Morgan fingerprint density at radius 3 is 2.74 bits per heavy atom. The molecule has 19 heavy (non-hydrogen) atoms. The van der Waals surface area contributed by atoms with Gasteiger partial charge < -0.3 is 15.4 Å². The summed E-state index contributed by atoms with van der Waals surface area (Å²) in [4.78, 5) is 6.01. The van der Waals surface area contributed by atoms with Crippen LogP contribution in [0.25, 0.3) is 0 Å². The van der Waals surface area contributed by atoms with Crippen molar-refractivity contribution in [2.24, 2.45) is 0 Å².